The van der Waals surface area contributed by atoms with Gasteiger partial charge in [-0.25, -0.2) is 17.8 Å². The molecule has 1 heterocycles. The molecule has 0 saturated carbocycles. The van der Waals surface area contributed by atoms with E-state index in [0.29, 0.717) is 17.7 Å². The Morgan fingerprint density at radius 3 is 2.44 bits per heavy atom. The van der Waals surface area contributed by atoms with E-state index in [0.717, 1.165) is 24.5 Å². The van der Waals surface area contributed by atoms with Gasteiger partial charge >= 0.3 is 6.18 Å². The average molecular weight is 517 g/mol. The van der Waals surface area contributed by atoms with E-state index in [2.05, 4.69) is 10.3 Å². The average Bonchev–Trinajstić information content (AvgIpc) is 2.72. The third kappa shape index (κ3) is 6.23. The van der Waals surface area contributed by atoms with Crippen LogP contribution in [0.25, 0.3) is 11.1 Å². The third-order valence-electron chi connectivity index (χ3n) is 4.58. The standard InChI is InChI=1S/C22H17ClF4N2O4S/c1-33-19-8-15(24)3-4-16(19)17-9-20(23)28-10-18(17)29-21(30)13-5-12(11-34(2,31)32)6-14(7-13)22(25,26)27/h3-10H,11H2,1-2H3,(H,29,30). The number of hydrogen-bond acceptors (Lipinski definition) is 5. The minimum atomic E-state index is -4.81. The van der Waals surface area contributed by atoms with Crippen LogP contribution in [0.15, 0.2) is 48.7 Å². The summed E-state index contributed by atoms with van der Waals surface area (Å²) in [6, 6.07) is 7.37. The molecule has 0 unspecified atom stereocenters. The van der Waals surface area contributed by atoms with E-state index in [1.54, 1.807) is 0 Å². The molecule has 3 aromatic rings. The second kappa shape index (κ2) is 9.59. The van der Waals surface area contributed by atoms with Gasteiger partial charge in [0.15, 0.2) is 9.84 Å². The lowest BCUT2D eigenvalue weighted by molar-refractivity contribution is -0.137. The van der Waals surface area contributed by atoms with Gasteiger partial charge in [-0.15, -0.1) is 0 Å². The van der Waals surface area contributed by atoms with E-state index in [1.165, 1.54) is 25.4 Å². The van der Waals surface area contributed by atoms with Crippen LogP contribution in [0.4, 0.5) is 23.2 Å². The van der Waals surface area contributed by atoms with Crippen LogP contribution in [0.3, 0.4) is 0 Å². The third-order valence-corrected chi connectivity index (χ3v) is 5.65. The molecule has 1 N–H and O–H groups in total. The molecule has 0 aliphatic carbocycles. The lowest BCUT2D eigenvalue weighted by Crippen LogP contribution is -2.16. The summed E-state index contributed by atoms with van der Waals surface area (Å²) >= 11 is 5.98. The number of nitrogens with one attached hydrogen (secondary N) is 1. The molecule has 0 fully saturated rings. The van der Waals surface area contributed by atoms with E-state index < -0.39 is 44.6 Å². The van der Waals surface area contributed by atoms with Crippen molar-refractivity contribution in [3.63, 3.8) is 0 Å². The molecule has 0 aliphatic heterocycles. The van der Waals surface area contributed by atoms with Crippen LogP contribution < -0.4 is 10.1 Å². The number of ether oxygens (including phenoxy) is 1. The van der Waals surface area contributed by atoms with Crippen molar-refractivity contribution in [3.8, 4) is 16.9 Å². The molecule has 3 rings (SSSR count). The molecule has 0 spiro atoms. The van der Waals surface area contributed by atoms with Crippen molar-refractivity contribution < 1.29 is 35.5 Å². The number of amides is 1. The molecule has 2 aromatic carbocycles. The monoisotopic (exact) mass is 516 g/mol. The maximum absolute atomic E-state index is 13.6. The summed E-state index contributed by atoms with van der Waals surface area (Å²) in [6.45, 7) is 0. The largest absolute Gasteiger partial charge is 0.496 e. The first kappa shape index (κ1) is 25.4. The highest BCUT2D eigenvalue weighted by molar-refractivity contribution is 7.89. The van der Waals surface area contributed by atoms with Gasteiger partial charge in [0.1, 0.15) is 16.7 Å². The topological polar surface area (TPSA) is 85.4 Å². The van der Waals surface area contributed by atoms with Crippen LogP contribution in [0.2, 0.25) is 5.15 Å². The smallest absolute Gasteiger partial charge is 0.416 e. The number of hydrogen-bond donors (Lipinski definition) is 1. The van der Waals surface area contributed by atoms with Crippen molar-refractivity contribution >= 4 is 33.0 Å². The number of rotatable bonds is 6. The number of carbonyl (C=O) groups is 1. The highest BCUT2D eigenvalue weighted by Crippen LogP contribution is 2.37. The maximum Gasteiger partial charge on any atom is 0.416 e. The van der Waals surface area contributed by atoms with Crippen molar-refractivity contribution in [1.29, 1.82) is 0 Å². The van der Waals surface area contributed by atoms with Crippen LogP contribution in [0.5, 0.6) is 5.75 Å². The fourth-order valence-corrected chi connectivity index (χ4v) is 4.14. The van der Waals surface area contributed by atoms with E-state index in [9.17, 15) is 30.8 Å². The minimum Gasteiger partial charge on any atom is -0.496 e. The highest BCUT2D eigenvalue weighted by Gasteiger charge is 2.32. The molecule has 0 aliphatic rings. The van der Waals surface area contributed by atoms with Gasteiger partial charge in [-0.3, -0.25) is 4.79 Å². The predicted molar refractivity (Wildman–Crippen MR) is 119 cm³/mol. The molecule has 34 heavy (non-hydrogen) atoms. The van der Waals surface area contributed by atoms with E-state index in [1.807, 2.05) is 0 Å². The SMILES string of the molecule is COc1cc(F)ccc1-c1cc(Cl)ncc1NC(=O)c1cc(CS(C)(=O)=O)cc(C(F)(F)F)c1. The molecule has 1 amide bonds. The normalized spacial score (nSPS) is 11.9. The Morgan fingerprint density at radius 1 is 1.12 bits per heavy atom. The Labute approximate surface area is 197 Å². The Hall–Kier alpha value is -3.18. The lowest BCUT2D eigenvalue weighted by Gasteiger charge is -2.15. The van der Waals surface area contributed by atoms with Gasteiger partial charge in [0.25, 0.3) is 5.91 Å². The van der Waals surface area contributed by atoms with Crippen molar-refractivity contribution in [1.82, 2.24) is 4.98 Å². The number of carbonyl (C=O) groups excluding carboxylic acids is 1. The van der Waals surface area contributed by atoms with Gasteiger partial charge in [-0.05, 0) is 42.0 Å². The first-order chi connectivity index (χ1) is 15.8. The summed E-state index contributed by atoms with van der Waals surface area (Å²) in [6.07, 6.45) is -2.75. The molecule has 0 bridgehead atoms. The second-order valence-electron chi connectivity index (χ2n) is 7.34. The van der Waals surface area contributed by atoms with Crippen LogP contribution >= 0.6 is 11.6 Å². The number of pyridine rings is 1. The highest BCUT2D eigenvalue weighted by atomic mass is 35.5. The van der Waals surface area contributed by atoms with Gasteiger partial charge in [0.2, 0.25) is 0 Å². The van der Waals surface area contributed by atoms with Crippen molar-refractivity contribution in [3.05, 3.63) is 76.3 Å². The summed E-state index contributed by atoms with van der Waals surface area (Å²) in [5, 5.41) is 2.50. The summed E-state index contributed by atoms with van der Waals surface area (Å²) in [7, 11) is -2.36. The molecular weight excluding hydrogens is 500 g/mol. The van der Waals surface area contributed by atoms with Crippen molar-refractivity contribution in [2.75, 3.05) is 18.7 Å². The van der Waals surface area contributed by atoms with Crippen LogP contribution in [-0.2, 0) is 21.8 Å². The number of benzene rings is 2. The Kier molecular flexibility index (Phi) is 7.18. The van der Waals surface area contributed by atoms with E-state index >= 15 is 0 Å². The quantitative estimate of drug-likeness (QED) is 0.352. The van der Waals surface area contributed by atoms with Crippen LogP contribution in [0.1, 0.15) is 21.5 Å². The summed E-state index contributed by atoms with van der Waals surface area (Å²) in [5.41, 5.74) is -1.12. The molecule has 180 valence electrons. The van der Waals surface area contributed by atoms with Crippen molar-refractivity contribution in [2.24, 2.45) is 0 Å². The number of aromatic nitrogens is 1. The van der Waals surface area contributed by atoms with Gasteiger partial charge in [-0.1, -0.05) is 11.6 Å². The lowest BCUT2D eigenvalue weighted by atomic mass is 10.0. The number of methoxy groups -OCH3 is 1. The van der Waals surface area contributed by atoms with Crippen LogP contribution in [0, 0.1) is 5.82 Å². The first-order valence-corrected chi connectivity index (χ1v) is 11.9. The Bertz CT molecular complexity index is 1360. The predicted octanol–water partition coefficient (Wildman–Crippen LogP) is 5.37. The number of alkyl halides is 3. The van der Waals surface area contributed by atoms with E-state index in [-0.39, 0.29) is 27.7 Å². The van der Waals surface area contributed by atoms with Crippen molar-refractivity contribution in [2.45, 2.75) is 11.9 Å². The fourth-order valence-electron chi connectivity index (χ4n) is 3.21. The van der Waals surface area contributed by atoms with Crippen LogP contribution in [-0.4, -0.2) is 32.7 Å². The zero-order chi connectivity index (χ0) is 25.3. The minimum absolute atomic E-state index is 0.0360. The maximum atomic E-state index is 13.6. The molecule has 12 heteroatoms. The molecule has 0 saturated heterocycles. The first-order valence-electron chi connectivity index (χ1n) is 9.46. The molecule has 1 aromatic heterocycles. The number of anilines is 1. The molecule has 0 radical (unpaired) electrons. The number of nitrogens with zero attached hydrogens (tertiary/aromatic N) is 1. The summed E-state index contributed by atoms with van der Waals surface area (Å²) in [5.74, 6) is -2.09. The zero-order valence-electron chi connectivity index (χ0n) is 17.7. The second-order valence-corrected chi connectivity index (χ2v) is 9.87. The molecule has 0 atom stereocenters. The fraction of sp³-hybridized carbons (Fsp3) is 0.182. The van der Waals surface area contributed by atoms with Gasteiger partial charge in [-0.2, -0.15) is 13.2 Å². The van der Waals surface area contributed by atoms with E-state index in [4.69, 9.17) is 16.3 Å². The number of sulfone groups is 1. The molecular formula is C22H17ClF4N2O4S. The summed E-state index contributed by atoms with van der Waals surface area (Å²) in [4.78, 5) is 16.8. The number of halogens is 5. The zero-order valence-corrected chi connectivity index (χ0v) is 19.3. The summed E-state index contributed by atoms with van der Waals surface area (Å²) < 4.78 is 82.1. The molecule has 6 nitrogen and oxygen atoms in total. The van der Waals surface area contributed by atoms with Gasteiger partial charge < -0.3 is 10.1 Å². The Morgan fingerprint density at radius 2 is 1.82 bits per heavy atom. The van der Waals surface area contributed by atoms with Gasteiger partial charge in [0, 0.05) is 29.0 Å². The Balaban J connectivity index is 2.07. The van der Waals surface area contributed by atoms with Gasteiger partial charge in [0.05, 0.1) is 30.3 Å².